The molecule has 0 bridgehead atoms. The number of carbonyl (C=O) groups is 5. The Balaban J connectivity index is 2.05. The van der Waals surface area contributed by atoms with Gasteiger partial charge in [0.15, 0.2) is 0 Å². The number of carboxylic acid groups (broad SMARTS) is 1. The fourth-order valence-corrected chi connectivity index (χ4v) is 2.63. The topological polar surface area (TPSA) is 152 Å². The van der Waals surface area contributed by atoms with Gasteiger partial charge in [0.25, 0.3) is 0 Å². The van der Waals surface area contributed by atoms with E-state index in [1.54, 1.807) is 0 Å². The quantitative estimate of drug-likeness (QED) is 0.155. The fraction of sp³-hybridized carbons (Fsp3) is 0.632. The zero-order chi connectivity index (χ0) is 22.4. The number of hydrogen-bond donors (Lipinski definition) is 1. The van der Waals surface area contributed by atoms with Gasteiger partial charge in [0, 0.05) is 6.08 Å². The van der Waals surface area contributed by atoms with Gasteiger partial charge in [0.1, 0.15) is 13.2 Å². The Morgan fingerprint density at radius 2 is 1.37 bits per heavy atom. The van der Waals surface area contributed by atoms with E-state index in [4.69, 9.17) is 14.6 Å². The van der Waals surface area contributed by atoms with Gasteiger partial charge in [-0.3, -0.25) is 9.59 Å². The smallest absolute Gasteiger partial charge is 0.358 e. The van der Waals surface area contributed by atoms with Crippen LogP contribution in [0.4, 0.5) is 0 Å². The molecule has 11 heteroatoms. The van der Waals surface area contributed by atoms with Crippen molar-refractivity contribution in [3.05, 3.63) is 12.7 Å². The van der Waals surface area contributed by atoms with Crippen LogP contribution in [0.5, 0.6) is 0 Å². The van der Waals surface area contributed by atoms with Crippen LogP contribution >= 0.6 is 0 Å². The maximum atomic E-state index is 11.8. The molecule has 0 amide bonds. The molecule has 0 unspecified atom stereocenters. The molecule has 0 spiro atoms. The normalized spacial score (nSPS) is 18.0. The molecule has 0 aliphatic heterocycles. The van der Waals surface area contributed by atoms with E-state index in [-0.39, 0.29) is 39.3 Å². The lowest BCUT2D eigenvalue weighted by atomic mass is 9.82. The largest absolute Gasteiger partial charge is 0.481 e. The van der Waals surface area contributed by atoms with Crippen LogP contribution in [-0.2, 0) is 48.0 Å². The highest BCUT2D eigenvalue weighted by Gasteiger charge is 2.31. The summed E-state index contributed by atoms with van der Waals surface area (Å²) in [5, 5.41) is 8.92. The molecule has 11 nitrogen and oxygen atoms in total. The molecule has 1 aliphatic carbocycles. The Hall–Kier alpha value is -2.95. The lowest BCUT2D eigenvalue weighted by Gasteiger charge is -2.23. The number of ether oxygens (including phenoxy) is 3. The van der Waals surface area contributed by atoms with Gasteiger partial charge < -0.3 is 19.3 Å². The molecular formula is C19H26O11. The van der Waals surface area contributed by atoms with Gasteiger partial charge in [-0.05, 0) is 25.7 Å². The zero-order valence-corrected chi connectivity index (χ0v) is 16.5. The van der Waals surface area contributed by atoms with E-state index < -0.39 is 41.7 Å². The lowest BCUT2D eigenvalue weighted by molar-refractivity contribution is -0.263. The van der Waals surface area contributed by atoms with Crippen LogP contribution in [0.15, 0.2) is 12.7 Å². The molecule has 0 aromatic carbocycles. The van der Waals surface area contributed by atoms with E-state index >= 15 is 0 Å². The summed E-state index contributed by atoms with van der Waals surface area (Å²) >= 11 is 0. The average molecular weight is 430 g/mol. The van der Waals surface area contributed by atoms with E-state index in [2.05, 4.69) is 21.1 Å². The van der Waals surface area contributed by atoms with E-state index in [9.17, 15) is 24.0 Å². The van der Waals surface area contributed by atoms with Crippen molar-refractivity contribution < 1.29 is 53.1 Å². The molecule has 0 aromatic heterocycles. The van der Waals surface area contributed by atoms with E-state index in [1.165, 1.54) is 0 Å². The molecule has 0 saturated heterocycles. The van der Waals surface area contributed by atoms with Crippen LogP contribution in [0.25, 0.3) is 0 Å². The Morgan fingerprint density at radius 1 is 0.800 bits per heavy atom. The first kappa shape index (κ1) is 25.1. The van der Waals surface area contributed by atoms with Crippen molar-refractivity contribution in [1.82, 2.24) is 0 Å². The van der Waals surface area contributed by atoms with Crippen LogP contribution in [-0.4, -0.2) is 61.4 Å². The standard InChI is InChI=1S/C19H26O11/c1-2-15(20)27-11-9-26-10-12-28-16(21)7-8-17(22)29-30-19(25)14-5-3-13(4-6-14)18(23)24/h2,13-14H,1,3-12H2,(H,23,24). The van der Waals surface area contributed by atoms with Crippen molar-refractivity contribution in [1.29, 1.82) is 0 Å². The molecule has 1 N–H and O–H groups in total. The molecule has 0 heterocycles. The molecular weight excluding hydrogens is 404 g/mol. The second-order valence-corrected chi connectivity index (χ2v) is 6.45. The summed E-state index contributed by atoms with van der Waals surface area (Å²) in [5.41, 5.74) is 0. The Morgan fingerprint density at radius 3 is 1.97 bits per heavy atom. The van der Waals surface area contributed by atoms with Crippen molar-refractivity contribution in [3.63, 3.8) is 0 Å². The van der Waals surface area contributed by atoms with Crippen molar-refractivity contribution in [2.24, 2.45) is 11.8 Å². The highest BCUT2D eigenvalue weighted by molar-refractivity contribution is 5.81. The second-order valence-electron chi connectivity index (χ2n) is 6.45. The van der Waals surface area contributed by atoms with E-state index in [1.807, 2.05) is 0 Å². The molecule has 30 heavy (non-hydrogen) atoms. The third-order valence-electron chi connectivity index (χ3n) is 4.29. The van der Waals surface area contributed by atoms with Crippen LogP contribution in [0.2, 0.25) is 0 Å². The SMILES string of the molecule is C=CC(=O)OCCOCCOC(=O)CCC(=O)OOC(=O)C1CCC(C(=O)O)CC1. The van der Waals surface area contributed by atoms with Crippen molar-refractivity contribution in [2.45, 2.75) is 38.5 Å². The van der Waals surface area contributed by atoms with Crippen LogP contribution in [0.3, 0.4) is 0 Å². The number of rotatable bonds is 12. The number of carboxylic acids is 1. The average Bonchev–Trinajstić information content (AvgIpc) is 2.75. The molecule has 1 fully saturated rings. The summed E-state index contributed by atoms with van der Waals surface area (Å²) in [4.78, 5) is 65.4. The van der Waals surface area contributed by atoms with Crippen molar-refractivity contribution in [3.8, 4) is 0 Å². The first-order valence-corrected chi connectivity index (χ1v) is 9.50. The fourth-order valence-electron chi connectivity index (χ4n) is 2.63. The predicted octanol–water partition coefficient (Wildman–Crippen LogP) is 0.948. The number of esters is 2. The zero-order valence-electron chi connectivity index (χ0n) is 16.5. The van der Waals surface area contributed by atoms with E-state index in [0.29, 0.717) is 25.7 Å². The summed E-state index contributed by atoms with van der Waals surface area (Å²) in [5.74, 6) is -4.73. The summed E-state index contributed by atoms with van der Waals surface area (Å²) < 4.78 is 14.6. The highest BCUT2D eigenvalue weighted by Crippen LogP contribution is 2.29. The monoisotopic (exact) mass is 430 g/mol. The maximum Gasteiger partial charge on any atom is 0.358 e. The Labute approximate surface area is 173 Å². The minimum Gasteiger partial charge on any atom is -0.481 e. The van der Waals surface area contributed by atoms with Gasteiger partial charge >= 0.3 is 29.8 Å². The van der Waals surface area contributed by atoms with Crippen molar-refractivity contribution >= 4 is 29.8 Å². The number of aliphatic carboxylic acids is 1. The van der Waals surface area contributed by atoms with E-state index in [0.717, 1.165) is 6.08 Å². The van der Waals surface area contributed by atoms with Gasteiger partial charge in [-0.2, -0.15) is 0 Å². The number of carbonyl (C=O) groups excluding carboxylic acids is 4. The predicted molar refractivity (Wildman–Crippen MR) is 97.4 cm³/mol. The minimum absolute atomic E-state index is 0.0444. The van der Waals surface area contributed by atoms with Gasteiger partial charge in [0.2, 0.25) is 0 Å². The molecule has 1 saturated carbocycles. The number of hydrogen-bond acceptors (Lipinski definition) is 10. The van der Waals surface area contributed by atoms with Gasteiger partial charge in [0.05, 0.1) is 37.9 Å². The maximum absolute atomic E-state index is 11.8. The second kappa shape index (κ2) is 14.1. The summed E-state index contributed by atoms with van der Waals surface area (Å²) in [6.07, 6.45) is 1.83. The Bertz CT molecular complexity index is 620. The molecule has 1 rings (SSSR count). The first-order chi connectivity index (χ1) is 14.3. The lowest BCUT2D eigenvalue weighted by Crippen LogP contribution is -2.27. The third kappa shape index (κ3) is 10.6. The molecule has 168 valence electrons. The van der Waals surface area contributed by atoms with Gasteiger partial charge in [-0.15, -0.1) is 0 Å². The molecule has 1 aliphatic rings. The molecule has 0 radical (unpaired) electrons. The van der Waals surface area contributed by atoms with Crippen LogP contribution < -0.4 is 0 Å². The summed E-state index contributed by atoms with van der Waals surface area (Å²) in [6.45, 7) is 3.46. The first-order valence-electron chi connectivity index (χ1n) is 9.50. The third-order valence-corrected chi connectivity index (χ3v) is 4.29. The highest BCUT2D eigenvalue weighted by atomic mass is 17.2. The van der Waals surface area contributed by atoms with Crippen molar-refractivity contribution in [2.75, 3.05) is 26.4 Å². The van der Waals surface area contributed by atoms with Gasteiger partial charge in [-0.25, -0.2) is 24.2 Å². The molecule has 0 aromatic rings. The Kier molecular flexibility index (Phi) is 11.8. The van der Waals surface area contributed by atoms with Crippen LogP contribution in [0, 0.1) is 11.8 Å². The van der Waals surface area contributed by atoms with Crippen LogP contribution in [0.1, 0.15) is 38.5 Å². The summed E-state index contributed by atoms with van der Waals surface area (Å²) in [7, 11) is 0. The van der Waals surface area contributed by atoms with Gasteiger partial charge in [-0.1, -0.05) is 6.58 Å². The minimum atomic E-state index is -0.903. The summed E-state index contributed by atoms with van der Waals surface area (Å²) in [6, 6.07) is 0. The molecule has 0 atom stereocenters.